The zero-order chi connectivity index (χ0) is 30.9. The van der Waals surface area contributed by atoms with Gasteiger partial charge < -0.3 is 25.2 Å². The maximum absolute atomic E-state index is 13.4. The van der Waals surface area contributed by atoms with E-state index in [-0.39, 0.29) is 24.6 Å². The van der Waals surface area contributed by atoms with Crippen molar-refractivity contribution in [2.24, 2.45) is 0 Å². The Morgan fingerprint density at radius 2 is 1.61 bits per heavy atom. The number of carboxylic acid groups (broad SMARTS) is 1. The Balaban J connectivity index is 1.27. The van der Waals surface area contributed by atoms with Crippen molar-refractivity contribution in [2.75, 3.05) is 5.32 Å². The van der Waals surface area contributed by atoms with Crippen LogP contribution in [-0.2, 0) is 29.3 Å². The van der Waals surface area contributed by atoms with Crippen LogP contribution in [0.25, 0.3) is 0 Å². The second kappa shape index (κ2) is 14.4. The summed E-state index contributed by atoms with van der Waals surface area (Å²) in [5, 5.41) is 19.2. The van der Waals surface area contributed by atoms with Crippen LogP contribution >= 0.6 is 0 Å². The van der Waals surface area contributed by atoms with Gasteiger partial charge in [0, 0.05) is 0 Å². The first-order valence-electron chi connectivity index (χ1n) is 14.6. The number of aromatic carboxylic acids is 1. The van der Waals surface area contributed by atoms with Gasteiger partial charge in [0.05, 0.1) is 24.4 Å². The Morgan fingerprint density at radius 3 is 2.32 bits per heavy atom. The lowest BCUT2D eigenvalue weighted by molar-refractivity contribution is -0.124. The summed E-state index contributed by atoms with van der Waals surface area (Å²) in [6, 6.07) is 24.5. The normalized spacial score (nSPS) is 16.2. The first-order chi connectivity index (χ1) is 21.4. The summed E-state index contributed by atoms with van der Waals surface area (Å²) in [6.45, 7) is 2.19. The van der Waals surface area contributed by atoms with Crippen molar-refractivity contribution in [3.8, 4) is 5.75 Å². The van der Waals surface area contributed by atoms with Crippen LogP contribution in [0.5, 0.6) is 5.75 Å². The number of hydrogen-bond acceptors (Lipinski definition) is 7. The van der Waals surface area contributed by atoms with Gasteiger partial charge in [-0.25, -0.2) is 9.48 Å². The van der Waals surface area contributed by atoms with Crippen LogP contribution in [0.4, 0.5) is 5.69 Å². The van der Waals surface area contributed by atoms with Crippen LogP contribution in [0, 0.1) is 6.92 Å². The number of aromatic nitrogens is 3. The molecule has 0 radical (unpaired) electrons. The number of hydrogen-bond donors (Lipinski definition) is 3. The van der Waals surface area contributed by atoms with Crippen LogP contribution in [-0.4, -0.2) is 49.8 Å². The first kappa shape index (κ1) is 30.4. The fraction of sp³-hybridized carbons (Fsp3) is 0.303. The molecule has 0 bridgehead atoms. The molecule has 228 valence electrons. The minimum Gasteiger partial charge on any atom is -0.487 e. The largest absolute Gasteiger partial charge is 0.487 e. The minimum absolute atomic E-state index is 0.170. The fourth-order valence-corrected chi connectivity index (χ4v) is 5.12. The minimum atomic E-state index is -1.41. The van der Waals surface area contributed by atoms with Crippen molar-refractivity contribution in [1.82, 2.24) is 20.1 Å². The topological polar surface area (TPSA) is 145 Å². The zero-order valence-corrected chi connectivity index (χ0v) is 24.4. The SMILES string of the molecule is Cc1ccc(OCc2ccccc2)c(NC(=O)c2nc(C(=O)O)nn2CC(=O)N[C@H]2CCCC[C@@H]2OCc2ccccc2)c1. The van der Waals surface area contributed by atoms with E-state index in [4.69, 9.17) is 9.47 Å². The molecular formula is C33H35N5O6. The predicted molar refractivity (Wildman–Crippen MR) is 162 cm³/mol. The maximum Gasteiger partial charge on any atom is 0.375 e. The zero-order valence-electron chi connectivity index (χ0n) is 24.4. The van der Waals surface area contributed by atoms with Crippen molar-refractivity contribution in [3.05, 3.63) is 107 Å². The summed E-state index contributed by atoms with van der Waals surface area (Å²) in [6.07, 6.45) is 3.33. The molecule has 2 atom stereocenters. The van der Waals surface area contributed by atoms with Gasteiger partial charge in [0.25, 0.3) is 11.7 Å². The van der Waals surface area contributed by atoms with Gasteiger partial charge >= 0.3 is 5.97 Å². The average molecular weight is 598 g/mol. The molecule has 1 fully saturated rings. The molecule has 3 aromatic carbocycles. The third-order valence-corrected chi connectivity index (χ3v) is 7.34. The van der Waals surface area contributed by atoms with Gasteiger partial charge in [0.1, 0.15) is 18.9 Å². The first-order valence-corrected chi connectivity index (χ1v) is 14.6. The van der Waals surface area contributed by atoms with E-state index >= 15 is 0 Å². The number of nitrogens with zero attached hydrogens (tertiary/aromatic N) is 3. The quantitative estimate of drug-likeness (QED) is 0.212. The highest BCUT2D eigenvalue weighted by Gasteiger charge is 2.29. The molecule has 1 aliphatic rings. The number of benzene rings is 3. The van der Waals surface area contributed by atoms with Crippen molar-refractivity contribution in [3.63, 3.8) is 0 Å². The maximum atomic E-state index is 13.4. The highest BCUT2D eigenvalue weighted by Crippen LogP contribution is 2.27. The predicted octanol–water partition coefficient (Wildman–Crippen LogP) is 4.76. The molecule has 44 heavy (non-hydrogen) atoms. The molecular weight excluding hydrogens is 562 g/mol. The Labute approximate surface area is 255 Å². The number of anilines is 1. The van der Waals surface area contributed by atoms with Crippen LogP contribution < -0.4 is 15.4 Å². The molecule has 3 N–H and O–H groups in total. The van der Waals surface area contributed by atoms with E-state index in [1.807, 2.05) is 73.7 Å². The summed E-state index contributed by atoms with van der Waals surface area (Å²) < 4.78 is 13.1. The molecule has 4 aromatic rings. The van der Waals surface area contributed by atoms with Gasteiger partial charge in [-0.05, 0) is 48.6 Å². The number of ether oxygens (including phenoxy) is 2. The van der Waals surface area contributed by atoms with E-state index in [0.717, 1.165) is 47.1 Å². The molecule has 1 saturated carbocycles. The third kappa shape index (κ3) is 8.07. The van der Waals surface area contributed by atoms with Crippen LogP contribution in [0.15, 0.2) is 78.9 Å². The molecule has 0 saturated heterocycles. The number of nitrogens with one attached hydrogen (secondary N) is 2. The number of carboxylic acids is 1. The molecule has 1 aromatic heterocycles. The molecule has 0 unspecified atom stereocenters. The smallest absolute Gasteiger partial charge is 0.375 e. The number of carbonyl (C=O) groups is 3. The molecule has 1 heterocycles. The lowest BCUT2D eigenvalue weighted by atomic mass is 9.92. The lowest BCUT2D eigenvalue weighted by Crippen LogP contribution is -2.47. The summed E-state index contributed by atoms with van der Waals surface area (Å²) in [5.41, 5.74) is 3.25. The van der Waals surface area contributed by atoms with Gasteiger partial charge in [-0.2, -0.15) is 4.98 Å². The van der Waals surface area contributed by atoms with Gasteiger partial charge in [0.2, 0.25) is 11.7 Å². The van der Waals surface area contributed by atoms with Crippen LogP contribution in [0.2, 0.25) is 0 Å². The van der Waals surface area contributed by atoms with Crippen LogP contribution in [0.1, 0.15) is 63.6 Å². The number of aryl methyl sites for hydroxylation is 1. The molecule has 1 aliphatic carbocycles. The van der Waals surface area contributed by atoms with Crippen LogP contribution in [0.3, 0.4) is 0 Å². The van der Waals surface area contributed by atoms with Gasteiger partial charge in [0.15, 0.2) is 0 Å². The van der Waals surface area contributed by atoms with Gasteiger partial charge in [-0.1, -0.05) is 79.6 Å². The average Bonchev–Trinajstić information content (AvgIpc) is 3.45. The van der Waals surface area contributed by atoms with E-state index in [1.54, 1.807) is 12.1 Å². The molecule has 5 rings (SSSR count). The lowest BCUT2D eigenvalue weighted by Gasteiger charge is -2.32. The van der Waals surface area contributed by atoms with E-state index in [0.29, 0.717) is 18.0 Å². The van der Waals surface area contributed by atoms with Crippen molar-refractivity contribution in [2.45, 2.75) is 64.5 Å². The highest BCUT2D eigenvalue weighted by molar-refractivity contribution is 6.03. The summed E-state index contributed by atoms with van der Waals surface area (Å²) in [7, 11) is 0. The number of rotatable bonds is 12. The van der Waals surface area contributed by atoms with E-state index in [1.165, 1.54) is 0 Å². The standard InChI is InChI=1S/C33H35N5O6/c1-22-16-17-28(44-21-24-12-6-3-7-13-24)26(18-22)35-32(40)31-36-30(33(41)42)37-38(31)19-29(39)34-25-14-8-9-15-27(25)43-20-23-10-4-2-5-11-23/h2-7,10-13,16-18,25,27H,8-9,14-15,19-21H2,1H3,(H,34,39)(H,35,40)(H,41,42)/t25-,27-/m0/s1. The molecule has 0 aliphatic heterocycles. The van der Waals surface area contributed by atoms with Gasteiger partial charge in [-0.15, -0.1) is 5.10 Å². The highest BCUT2D eigenvalue weighted by atomic mass is 16.5. The van der Waals surface area contributed by atoms with E-state index < -0.39 is 30.2 Å². The summed E-state index contributed by atoms with van der Waals surface area (Å²) >= 11 is 0. The molecule has 11 heteroatoms. The number of amides is 2. The fourth-order valence-electron chi connectivity index (χ4n) is 5.12. The number of carbonyl (C=O) groups excluding carboxylic acids is 2. The second-order valence-electron chi connectivity index (χ2n) is 10.7. The summed E-state index contributed by atoms with van der Waals surface area (Å²) in [4.78, 5) is 42.2. The summed E-state index contributed by atoms with van der Waals surface area (Å²) in [5.74, 6) is -3.04. The van der Waals surface area contributed by atoms with E-state index in [9.17, 15) is 19.5 Å². The monoisotopic (exact) mass is 597 g/mol. The second-order valence-corrected chi connectivity index (χ2v) is 10.7. The van der Waals surface area contributed by atoms with Gasteiger partial charge in [-0.3, -0.25) is 9.59 Å². The Bertz CT molecular complexity index is 1590. The van der Waals surface area contributed by atoms with E-state index in [2.05, 4.69) is 20.7 Å². The van der Waals surface area contributed by atoms with Crippen molar-refractivity contribution >= 4 is 23.5 Å². The molecule has 0 spiro atoms. The molecule has 11 nitrogen and oxygen atoms in total. The molecule has 2 amide bonds. The van der Waals surface area contributed by atoms with Crippen molar-refractivity contribution in [1.29, 1.82) is 0 Å². The Morgan fingerprint density at radius 1 is 0.932 bits per heavy atom. The Hall–Kier alpha value is -5.03. The van der Waals surface area contributed by atoms with Crippen molar-refractivity contribution < 1.29 is 29.0 Å². The Kier molecular flexibility index (Phi) is 9.98. The third-order valence-electron chi connectivity index (χ3n) is 7.34.